The van der Waals surface area contributed by atoms with Crippen LogP contribution in [0.3, 0.4) is 0 Å². The molecule has 15 heavy (non-hydrogen) atoms. The molecule has 1 aromatic carbocycles. The maximum absolute atomic E-state index is 6.10. The summed E-state index contributed by atoms with van der Waals surface area (Å²) in [4.78, 5) is 2.44. The fraction of sp³-hybridized carbons (Fsp3) is 0.500. The quantitative estimate of drug-likeness (QED) is 0.845. The van der Waals surface area contributed by atoms with Crippen LogP contribution in [0.5, 0.6) is 0 Å². The van der Waals surface area contributed by atoms with Crippen LogP contribution in [0.15, 0.2) is 22.7 Å². The van der Waals surface area contributed by atoms with Gasteiger partial charge in [0.2, 0.25) is 0 Å². The van der Waals surface area contributed by atoms with Crippen LogP contribution in [-0.4, -0.2) is 19.1 Å². The second-order valence-corrected chi connectivity index (χ2v) is 5.56. The highest BCUT2D eigenvalue weighted by molar-refractivity contribution is 9.10. The fourth-order valence-corrected chi connectivity index (χ4v) is 3.16. The van der Waals surface area contributed by atoms with Crippen molar-refractivity contribution < 1.29 is 0 Å². The first-order valence-electron chi connectivity index (χ1n) is 5.48. The Morgan fingerprint density at radius 1 is 1.60 bits per heavy atom. The van der Waals surface area contributed by atoms with E-state index < -0.39 is 0 Å². The summed E-state index contributed by atoms with van der Waals surface area (Å²) in [6.45, 7) is 4.39. The van der Waals surface area contributed by atoms with Gasteiger partial charge < -0.3 is 10.6 Å². The number of benzene rings is 1. The zero-order valence-corrected chi connectivity index (χ0v) is 10.4. The summed E-state index contributed by atoms with van der Waals surface area (Å²) in [5, 5.41) is 0. The normalized spacial score (nSPS) is 32.2. The van der Waals surface area contributed by atoms with Crippen molar-refractivity contribution in [2.75, 3.05) is 18.0 Å². The minimum atomic E-state index is 0.273. The molecule has 2 atom stereocenters. The van der Waals surface area contributed by atoms with Gasteiger partial charge in [-0.05, 0) is 37.1 Å². The summed E-state index contributed by atoms with van der Waals surface area (Å²) in [7, 11) is 0. The molecule has 1 heterocycles. The maximum Gasteiger partial charge on any atom is 0.0406 e. The fourth-order valence-electron chi connectivity index (χ4n) is 2.80. The van der Waals surface area contributed by atoms with Crippen molar-refractivity contribution in [3.63, 3.8) is 0 Å². The summed E-state index contributed by atoms with van der Waals surface area (Å²) < 4.78 is 1.16. The molecule has 3 heteroatoms. The molecule has 0 amide bonds. The van der Waals surface area contributed by atoms with Crippen LogP contribution in [0, 0.1) is 0 Å². The lowest BCUT2D eigenvalue weighted by Gasteiger charge is -2.16. The first-order chi connectivity index (χ1) is 7.17. The van der Waals surface area contributed by atoms with Gasteiger partial charge in [0.25, 0.3) is 0 Å². The monoisotopic (exact) mass is 266 g/mol. The number of fused-ring (bicyclic) bond motifs is 2. The Morgan fingerprint density at radius 3 is 2.93 bits per heavy atom. The molecule has 3 rings (SSSR count). The minimum absolute atomic E-state index is 0.273. The molecule has 1 aliphatic heterocycles. The largest absolute Gasteiger partial charge is 0.371 e. The van der Waals surface area contributed by atoms with Crippen LogP contribution in [0.4, 0.5) is 5.69 Å². The average molecular weight is 267 g/mol. The van der Waals surface area contributed by atoms with Crippen molar-refractivity contribution in [2.24, 2.45) is 5.73 Å². The minimum Gasteiger partial charge on any atom is -0.371 e. The first kappa shape index (κ1) is 9.67. The van der Waals surface area contributed by atoms with E-state index in [1.807, 2.05) is 0 Å². The van der Waals surface area contributed by atoms with Crippen molar-refractivity contribution in [3.05, 3.63) is 28.2 Å². The van der Waals surface area contributed by atoms with Gasteiger partial charge in [0.15, 0.2) is 0 Å². The summed E-state index contributed by atoms with van der Waals surface area (Å²) in [6, 6.07) is 6.94. The van der Waals surface area contributed by atoms with Crippen LogP contribution < -0.4 is 10.6 Å². The number of anilines is 1. The van der Waals surface area contributed by atoms with E-state index in [1.54, 1.807) is 0 Å². The van der Waals surface area contributed by atoms with Crippen molar-refractivity contribution in [1.29, 1.82) is 0 Å². The molecular formula is C12H15BrN2. The van der Waals surface area contributed by atoms with Crippen LogP contribution in [-0.2, 0) is 5.41 Å². The van der Waals surface area contributed by atoms with E-state index in [2.05, 4.69) is 46.0 Å². The van der Waals surface area contributed by atoms with E-state index in [4.69, 9.17) is 5.73 Å². The molecule has 1 fully saturated rings. The summed E-state index contributed by atoms with van der Waals surface area (Å²) in [5.74, 6) is 0. The number of nitrogens with two attached hydrogens (primary N) is 1. The van der Waals surface area contributed by atoms with Crippen LogP contribution in [0.25, 0.3) is 0 Å². The van der Waals surface area contributed by atoms with Gasteiger partial charge >= 0.3 is 0 Å². The van der Waals surface area contributed by atoms with Crippen molar-refractivity contribution in [2.45, 2.75) is 24.8 Å². The third-order valence-electron chi connectivity index (χ3n) is 3.82. The molecule has 0 radical (unpaired) electrons. The zero-order valence-electron chi connectivity index (χ0n) is 8.83. The molecule has 0 bridgehead atoms. The highest BCUT2D eigenvalue weighted by Crippen LogP contribution is 2.55. The van der Waals surface area contributed by atoms with E-state index in [0.717, 1.165) is 24.0 Å². The second-order valence-electron chi connectivity index (χ2n) is 4.64. The van der Waals surface area contributed by atoms with Gasteiger partial charge in [0.05, 0.1) is 0 Å². The molecular weight excluding hydrogens is 252 g/mol. The van der Waals surface area contributed by atoms with E-state index in [9.17, 15) is 0 Å². The second kappa shape index (κ2) is 2.98. The van der Waals surface area contributed by atoms with Crippen LogP contribution in [0.1, 0.15) is 18.9 Å². The number of likely N-dealkylation sites (N-methyl/N-ethyl adjacent to an activating group) is 1. The molecule has 2 nitrogen and oxygen atoms in total. The van der Waals surface area contributed by atoms with Crippen molar-refractivity contribution >= 4 is 21.6 Å². The van der Waals surface area contributed by atoms with E-state index in [-0.39, 0.29) is 5.41 Å². The lowest BCUT2D eigenvalue weighted by atomic mass is 9.98. The Labute approximate surface area is 98.6 Å². The molecule has 2 N–H and O–H groups in total. The summed E-state index contributed by atoms with van der Waals surface area (Å²) in [6.07, 6.45) is 1.15. The van der Waals surface area contributed by atoms with Gasteiger partial charge in [-0.1, -0.05) is 15.9 Å². The Balaban J connectivity index is 2.13. The smallest absolute Gasteiger partial charge is 0.0406 e. The average Bonchev–Trinajstić information content (AvgIpc) is 2.75. The maximum atomic E-state index is 6.10. The number of hydrogen-bond acceptors (Lipinski definition) is 2. The third kappa shape index (κ3) is 1.20. The SMILES string of the molecule is CCN1CC2(CC2N)c2cc(Br)ccc21. The predicted molar refractivity (Wildman–Crippen MR) is 66.3 cm³/mol. The van der Waals surface area contributed by atoms with E-state index in [1.165, 1.54) is 11.3 Å². The first-order valence-corrected chi connectivity index (χ1v) is 6.27. The number of halogens is 1. The Hall–Kier alpha value is -0.540. The van der Waals surface area contributed by atoms with Gasteiger partial charge in [0, 0.05) is 34.7 Å². The van der Waals surface area contributed by atoms with Crippen molar-refractivity contribution in [3.8, 4) is 0 Å². The molecule has 0 saturated heterocycles. The Bertz CT molecular complexity index is 418. The van der Waals surface area contributed by atoms with Crippen LogP contribution in [0.2, 0.25) is 0 Å². The van der Waals surface area contributed by atoms with E-state index in [0.29, 0.717) is 6.04 Å². The predicted octanol–water partition coefficient (Wildman–Crippen LogP) is 2.26. The number of rotatable bonds is 1. The molecule has 2 aliphatic rings. The highest BCUT2D eigenvalue weighted by atomic mass is 79.9. The molecule has 1 aromatic rings. The molecule has 1 spiro atoms. The van der Waals surface area contributed by atoms with Crippen LogP contribution >= 0.6 is 15.9 Å². The topological polar surface area (TPSA) is 29.3 Å². The molecule has 0 aromatic heterocycles. The molecule has 80 valence electrons. The van der Waals surface area contributed by atoms with Crippen molar-refractivity contribution in [1.82, 2.24) is 0 Å². The third-order valence-corrected chi connectivity index (χ3v) is 4.32. The number of hydrogen-bond donors (Lipinski definition) is 1. The van der Waals surface area contributed by atoms with Gasteiger partial charge in [-0.15, -0.1) is 0 Å². The molecule has 1 aliphatic carbocycles. The van der Waals surface area contributed by atoms with Gasteiger partial charge in [-0.3, -0.25) is 0 Å². The molecule has 1 saturated carbocycles. The standard InChI is InChI=1S/C12H15BrN2/c1-2-15-7-12(6-11(12)14)9-5-8(13)3-4-10(9)15/h3-5,11H,2,6-7,14H2,1H3. The lowest BCUT2D eigenvalue weighted by Crippen LogP contribution is -2.27. The van der Waals surface area contributed by atoms with Gasteiger partial charge in [0.1, 0.15) is 0 Å². The Morgan fingerprint density at radius 2 is 2.33 bits per heavy atom. The summed E-state index contributed by atoms with van der Waals surface area (Å²) in [5.41, 5.74) is 9.21. The Kier molecular flexibility index (Phi) is 1.92. The zero-order chi connectivity index (χ0) is 10.6. The van der Waals surface area contributed by atoms with E-state index >= 15 is 0 Å². The highest BCUT2D eigenvalue weighted by Gasteiger charge is 2.58. The summed E-state index contributed by atoms with van der Waals surface area (Å²) >= 11 is 3.55. The van der Waals surface area contributed by atoms with Gasteiger partial charge in [-0.2, -0.15) is 0 Å². The lowest BCUT2D eigenvalue weighted by molar-refractivity contribution is 0.678. The number of nitrogens with zero attached hydrogens (tertiary/aromatic N) is 1. The van der Waals surface area contributed by atoms with Gasteiger partial charge in [-0.25, -0.2) is 0 Å². The molecule has 2 unspecified atom stereocenters.